The summed E-state index contributed by atoms with van der Waals surface area (Å²) in [5.74, 6) is -2.08. The molecule has 0 heterocycles. The molecule has 0 radical (unpaired) electrons. The fraction of sp³-hybridized carbons (Fsp3) is 0.297. The average Bonchev–Trinajstić information content (AvgIpc) is 3.35. The van der Waals surface area contributed by atoms with Crippen molar-refractivity contribution in [2.75, 3.05) is 6.61 Å². The van der Waals surface area contributed by atoms with Crippen molar-refractivity contribution in [2.24, 2.45) is 11.8 Å². The summed E-state index contributed by atoms with van der Waals surface area (Å²) in [6, 6.07) is 22.2. The van der Waals surface area contributed by atoms with Gasteiger partial charge in [0.05, 0.1) is 0 Å². The summed E-state index contributed by atoms with van der Waals surface area (Å²) in [4.78, 5) is 48.5. The zero-order valence-electron chi connectivity index (χ0n) is 25.7. The van der Waals surface area contributed by atoms with Crippen LogP contribution < -0.4 is 5.32 Å². The van der Waals surface area contributed by atoms with Gasteiger partial charge in [0.1, 0.15) is 25.0 Å². The number of esters is 1. The van der Waals surface area contributed by atoms with Crippen molar-refractivity contribution in [3.8, 4) is 11.1 Å². The van der Waals surface area contributed by atoms with Gasteiger partial charge < -0.3 is 19.9 Å². The molecule has 2 unspecified atom stereocenters. The number of amides is 1. The number of ether oxygens (including phenoxy) is 2. The molecule has 234 valence electrons. The highest BCUT2D eigenvalue weighted by Gasteiger charge is 2.31. The van der Waals surface area contributed by atoms with E-state index in [0.717, 1.165) is 40.2 Å². The normalized spacial score (nSPS) is 14.5. The summed E-state index contributed by atoms with van der Waals surface area (Å²) in [7, 11) is 0. The van der Waals surface area contributed by atoms with Crippen LogP contribution in [0.2, 0.25) is 0 Å². The second kappa shape index (κ2) is 15.7. The highest BCUT2D eigenvalue weighted by molar-refractivity contribution is 5.82. The van der Waals surface area contributed by atoms with E-state index in [0.29, 0.717) is 12.0 Å². The molecular formula is C37H39NO7. The van der Waals surface area contributed by atoms with Crippen LogP contribution in [0.1, 0.15) is 66.6 Å². The molecule has 0 saturated heterocycles. The number of alkyl carbamates (subject to hydrolysis) is 1. The summed E-state index contributed by atoms with van der Waals surface area (Å²) in [5.41, 5.74) is 5.83. The van der Waals surface area contributed by atoms with Gasteiger partial charge in [0.2, 0.25) is 0 Å². The summed E-state index contributed by atoms with van der Waals surface area (Å²) in [6.07, 6.45) is 6.01. The highest BCUT2D eigenvalue weighted by atomic mass is 16.6. The fourth-order valence-electron chi connectivity index (χ4n) is 5.44. The topological polar surface area (TPSA) is 119 Å². The first-order chi connectivity index (χ1) is 21.7. The minimum Gasteiger partial charge on any atom is -0.478 e. The summed E-state index contributed by atoms with van der Waals surface area (Å²) >= 11 is 0. The first kappa shape index (κ1) is 32.9. The van der Waals surface area contributed by atoms with Crippen LogP contribution in [0.4, 0.5) is 4.79 Å². The summed E-state index contributed by atoms with van der Waals surface area (Å²) in [5, 5.41) is 11.8. The minimum absolute atomic E-state index is 0.0634. The van der Waals surface area contributed by atoms with Gasteiger partial charge in [0.25, 0.3) is 0 Å². The van der Waals surface area contributed by atoms with E-state index in [1.165, 1.54) is 6.08 Å². The molecule has 1 aliphatic rings. The molecule has 3 aromatic rings. The maximum Gasteiger partial charge on any atom is 0.407 e. The molecule has 0 bridgehead atoms. The minimum atomic E-state index is -1.10. The van der Waals surface area contributed by atoms with Crippen molar-refractivity contribution < 1.29 is 33.8 Å². The molecular weight excluding hydrogens is 570 g/mol. The van der Waals surface area contributed by atoms with Crippen LogP contribution in [-0.4, -0.2) is 48.2 Å². The third kappa shape index (κ3) is 9.01. The van der Waals surface area contributed by atoms with Crippen LogP contribution in [0.5, 0.6) is 0 Å². The number of hydrogen-bond acceptors (Lipinski definition) is 6. The number of carbonyl (C=O) groups excluding carboxylic acids is 3. The SMILES string of the molecule is CC(C)C[C@H](NC(=O)OCC1c2ccccc2-c2ccccc21)C(=O)OC(C/C=C/C(=O)O)C(C)/C=C/c1ccc(C=O)cc1. The number of carbonyl (C=O) groups is 4. The van der Waals surface area contributed by atoms with Crippen LogP contribution in [0, 0.1) is 11.8 Å². The van der Waals surface area contributed by atoms with Crippen molar-refractivity contribution in [3.63, 3.8) is 0 Å². The van der Waals surface area contributed by atoms with Gasteiger partial charge in [-0.05, 0) is 40.2 Å². The maximum absolute atomic E-state index is 13.5. The van der Waals surface area contributed by atoms with Gasteiger partial charge in [0, 0.05) is 29.9 Å². The number of benzene rings is 3. The molecule has 0 fully saturated rings. The summed E-state index contributed by atoms with van der Waals surface area (Å²) < 4.78 is 11.6. The molecule has 8 heteroatoms. The molecule has 8 nitrogen and oxygen atoms in total. The van der Waals surface area contributed by atoms with Crippen LogP contribution in [0.3, 0.4) is 0 Å². The number of nitrogens with one attached hydrogen (secondary N) is 1. The van der Waals surface area contributed by atoms with Crippen molar-refractivity contribution >= 4 is 30.4 Å². The number of rotatable bonds is 14. The summed E-state index contributed by atoms with van der Waals surface area (Å²) in [6.45, 7) is 5.85. The lowest BCUT2D eigenvalue weighted by Crippen LogP contribution is -2.44. The van der Waals surface area contributed by atoms with Gasteiger partial charge in [-0.15, -0.1) is 0 Å². The van der Waals surface area contributed by atoms with Crippen LogP contribution >= 0.6 is 0 Å². The second-order valence-corrected chi connectivity index (χ2v) is 11.6. The van der Waals surface area contributed by atoms with Gasteiger partial charge in [-0.2, -0.15) is 0 Å². The number of fused-ring (bicyclic) bond motifs is 3. The first-order valence-corrected chi connectivity index (χ1v) is 15.1. The van der Waals surface area contributed by atoms with Gasteiger partial charge in [-0.25, -0.2) is 14.4 Å². The largest absolute Gasteiger partial charge is 0.478 e. The number of aliphatic carboxylic acids is 1. The number of carboxylic acids is 1. The molecule has 0 saturated carbocycles. The Kier molecular flexibility index (Phi) is 11.5. The van der Waals surface area contributed by atoms with E-state index >= 15 is 0 Å². The number of carboxylic acid groups (broad SMARTS) is 1. The third-order valence-corrected chi connectivity index (χ3v) is 7.77. The van der Waals surface area contributed by atoms with Gasteiger partial charge in [-0.1, -0.05) is 112 Å². The highest BCUT2D eigenvalue weighted by Crippen LogP contribution is 2.44. The fourth-order valence-corrected chi connectivity index (χ4v) is 5.44. The monoisotopic (exact) mass is 609 g/mol. The molecule has 0 aliphatic heterocycles. The molecule has 0 spiro atoms. The van der Waals surface area contributed by atoms with E-state index in [9.17, 15) is 19.2 Å². The maximum atomic E-state index is 13.5. The van der Waals surface area contributed by atoms with E-state index < -0.39 is 30.2 Å². The van der Waals surface area contributed by atoms with E-state index in [2.05, 4.69) is 17.4 Å². The smallest absolute Gasteiger partial charge is 0.407 e. The molecule has 4 rings (SSSR count). The molecule has 1 amide bonds. The number of aldehydes is 1. The molecule has 3 aromatic carbocycles. The Labute approximate surface area is 263 Å². The molecule has 0 aromatic heterocycles. The Balaban J connectivity index is 1.43. The van der Waals surface area contributed by atoms with Gasteiger partial charge in [0.15, 0.2) is 0 Å². The second-order valence-electron chi connectivity index (χ2n) is 11.6. The zero-order chi connectivity index (χ0) is 32.3. The van der Waals surface area contributed by atoms with Crippen LogP contribution in [0.15, 0.2) is 91.0 Å². The number of hydrogen-bond donors (Lipinski definition) is 2. The van der Waals surface area contributed by atoms with Gasteiger partial charge >= 0.3 is 18.0 Å². The van der Waals surface area contributed by atoms with Crippen molar-refractivity contribution in [2.45, 2.75) is 51.7 Å². The molecule has 45 heavy (non-hydrogen) atoms. The standard InChI is InChI=1S/C37H39NO7/c1-24(2)21-33(38-37(43)44-23-32-30-11-6-4-9-28(30)29-10-5-7-12-31(29)32)36(42)45-34(13-8-14-35(40)41)25(3)15-16-26-17-19-27(22-39)20-18-26/h4-12,14-20,22,24-25,32-34H,13,21,23H2,1-3H3,(H,38,43)(H,40,41)/b14-8+,16-15+/t25?,33-,34?/m0/s1. The Morgan fingerprint density at radius 1 is 0.889 bits per heavy atom. The lowest BCUT2D eigenvalue weighted by Gasteiger charge is -2.25. The van der Waals surface area contributed by atoms with Gasteiger partial charge in [-0.3, -0.25) is 4.79 Å². The van der Waals surface area contributed by atoms with E-state index in [-0.39, 0.29) is 30.8 Å². The molecule has 2 N–H and O–H groups in total. The Bertz CT molecular complexity index is 1510. The lowest BCUT2D eigenvalue weighted by atomic mass is 9.98. The first-order valence-electron chi connectivity index (χ1n) is 15.1. The quantitative estimate of drug-likeness (QED) is 0.114. The zero-order valence-corrected chi connectivity index (χ0v) is 25.7. The van der Waals surface area contributed by atoms with Crippen molar-refractivity contribution in [1.82, 2.24) is 5.32 Å². The predicted molar refractivity (Wildman–Crippen MR) is 173 cm³/mol. The Morgan fingerprint density at radius 2 is 1.49 bits per heavy atom. The Hall–Kier alpha value is -4.98. The lowest BCUT2D eigenvalue weighted by molar-refractivity contribution is -0.153. The Morgan fingerprint density at radius 3 is 2.07 bits per heavy atom. The molecule has 3 atom stereocenters. The van der Waals surface area contributed by atoms with Crippen LogP contribution in [0.25, 0.3) is 17.2 Å². The van der Waals surface area contributed by atoms with E-state index in [1.54, 1.807) is 24.3 Å². The van der Waals surface area contributed by atoms with Crippen molar-refractivity contribution in [3.05, 3.63) is 113 Å². The molecule has 1 aliphatic carbocycles. The van der Waals surface area contributed by atoms with Crippen LogP contribution in [-0.2, 0) is 19.1 Å². The van der Waals surface area contributed by atoms with Crippen molar-refractivity contribution in [1.29, 1.82) is 0 Å². The van der Waals surface area contributed by atoms with E-state index in [4.69, 9.17) is 14.6 Å². The van der Waals surface area contributed by atoms with E-state index in [1.807, 2.05) is 69.3 Å². The average molecular weight is 610 g/mol. The third-order valence-electron chi connectivity index (χ3n) is 7.77. The predicted octanol–water partition coefficient (Wildman–Crippen LogP) is 7.04.